The average Bonchev–Trinajstić information content (AvgIpc) is 2.90. The Morgan fingerprint density at radius 3 is 2.47 bits per heavy atom. The maximum absolute atomic E-state index is 13.5. The molecule has 1 saturated heterocycles. The molecule has 1 fully saturated rings. The summed E-state index contributed by atoms with van der Waals surface area (Å²) in [5.74, 6) is 0.380. The molecule has 0 unspecified atom stereocenters. The smallest absolute Gasteiger partial charge is 0.263 e. The van der Waals surface area contributed by atoms with Crippen LogP contribution in [0.3, 0.4) is 0 Å². The van der Waals surface area contributed by atoms with Crippen LogP contribution < -0.4 is 14.8 Å². The van der Waals surface area contributed by atoms with Crippen LogP contribution in [0.2, 0.25) is 5.02 Å². The lowest BCUT2D eigenvalue weighted by atomic mass is 10.1. The number of hydrogen-bond donors (Lipinski definition) is 2. The highest BCUT2D eigenvalue weighted by molar-refractivity contribution is 7.92. The predicted molar refractivity (Wildman–Crippen MR) is 144 cm³/mol. The molecule has 1 heterocycles. The van der Waals surface area contributed by atoms with Crippen LogP contribution in [0, 0.1) is 0 Å². The van der Waals surface area contributed by atoms with E-state index in [2.05, 4.69) is 10.0 Å². The van der Waals surface area contributed by atoms with Crippen molar-refractivity contribution in [2.45, 2.75) is 30.6 Å². The number of rotatable bonds is 9. The third-order valence-corrected chi connectivity index (χ3v) is 7.80. The molecule has 0 saturated carbocycles. The van der Waals surface area contributed by atoms with Gasteiger partial charge in [-0.3, -0.25) is 9.52 Å². The van der Waals surface area contributed by atoms with E-state index in [-0.39, 0.29) is 10.8 Å². The first-order valence-electron chi connectivity index (χ1n) is 11.9. The van der Waals surface area contributed by atoms with E-state index in [0.717, 1.165) is 24.8 Å². The lowest BCUT2D eigenvalue weighted by molar-refractivity contribution is 0.0724. The molecule has 2 N–H and O–H groups in total. The average molecular weight is 528 g/mol. The van der Waals surface area contributed by atoms with Gasteiger partial charge in [-0.25, -0.2) is 8.42 Å². The standard InChI is InChI=1S/C27H30ClN3O4S/c1-35-24-7-5-6-23(19-24)30-36(33,34)26-18-21(27(32)31-16-3-2-4-17-31)10-13-25(26)29-15-14-20-8-11-22(28)12-9-20/h5-13,18-19,29-30H,2-4,14-17H2,1H3. The van der Waals surface area contributed by atoms with Crippen molar-refractivity contribution in [2.75, 3.05) is 36.8 Å². The Morgan fingerprint density at radius 2 is 1.75 bits per heavy atom. The third kappa shape index (κ3) is 6.50. The molecule has 0 aromatic heterocycles. The van der Waals surface area contributed by atoms with E-state index in [1.165, 1.54) is 13.2 Å². The molecule has 0 radical (unpaired) electrons. The highest BCUT2D eigenvalue weighted by atomic mass is 35.5. The second-order valence-electron chi connectivity index (χ2n) is 8.70. The van der Waals surface area contributed by atoms with E-state index >= 15 is 0 Å². The van der Waals surface area contributed by atoms with Crippen molar-refractivity contribution in [3.8, 4) is 5.75 Å². The number of nitrogens with one attached hydrogen (secondary N) is 2. The van der Waals surface area contributed by atoms with Gasteiger partial charge in [0.15, 0.2) is 0 Å². The quantitative estimate of drug-likeness (QED) is 0.387. The van der Waals surface area contributed by atoms with Crippen LogP contribution in [-0.2, 0) is 16.4 Å². The SMILES string of the molecule is COc1cccc(NS(=O)(=O)c2cc(C(=O)N3CCCCC3)ccc2NCCc2ccc(Cl)cc2)c1. The Hall–Kier alpha value is -3.23. The van der Waals surface area contributed by atoms with E-state index < -0.39 is 10.0 Å². The van der Waals surface area contributed by atoms with E-state index in [1.807, 2.05) is 24.3 Å². The Labute approximate surface area is 217 Å². The molecule has 7 nitrogen and oxygen atoms in total. The first-order chi connectivity index (χ1) is 17.4. The summed E-state index contributed by atoms with van der Waals surface area (Å²) in [5.41, 5.74) is 2.22. The summed E-state index contributed by atoms with van der Waals surface area (Å²) >= 11 is 5.97. The van der Waals surface area contributed by atoms with Crippen molar-refractivity contribution in [3.63, 3.8) is 0 Å². The summed E-state index contributed by atoms with van der Waals surface area (Å²) < 4.78 is 34.9. The molecule has 0 atom stereocenters. The van der Waals surface area contributed by atoms with Crippen LogP contribution >= 0.6 is 11.6 Å². The molecule has 9 heteroatoms. The van der Waals surface area contributed by atoms with Gasteiger partial charge in [-0.1, -0.05) is 29.8 Å². The van der Waals surface area contributed by atoms with Gasteiger partial charge in [-0.15, -0.1) is 0 Å². The number of sulfonamides is 1. The number of anilines is 2. The van der Waals surface area contributed by atoms with Gasteiger partial charge in [0.25, 0.3) is 15.9 Å². The number of carbonyl (C=O) groups is 1. The number of ether oxygens (including phenoxy) is 1. The molecule has 0 aliphatic carbocycles. The minimum atomic E-state index is -4.01. The number of halogens is 1. The number of likely N-dealkylation sites (tertiary alicyclic amines) is 1. The number of nitrogens with zero attached hydrogens (tertiary/aromatic N) is 1. The Balaban J connectivity index is 1.61. The van der Waals surface area contributed by atoms with Crippen LogP contribution in [0.25, 0.3) is 0 Å². The van der Waals surface area contributed by atoms with Gasteiger partial charge in [0.1, 0.15) is 10.6 Å². The summed E-state index contributed by atoms with van der Waals surface area (Å²) in [5, 5.41) is 3.90. The summed E-state index contributed by atoms with van der Waals surface area (Å²) in [6.45, 7) is 1.87. The summed E-state index contributed by atoms with van der Waals surface area (Å²) in [6.07, 6.45) is 3.69. The lowest BCUT2D eigenvalue weighted by Crippen LogP contribution is -2.35. The molecule has 0 spiro atoms. The lowest BCUT2D eigenvalue weighted by Gasteiger charge is -2.27. The van der Waals surface area contributed by atoms with Gasteiger partial charge in [0.05, 0.1) is 18.5 Å². The van der Waals surface area contributed by atoms with Gasteiger partial charge in [-0.2, -0.15) is 0 Å². The summed E-state index contributed by atoms with van der Waals surface area (Å²) in [7, 11) is -2.49. The Bertz CT molecular complexity index is 1310. The molecule has 3 aromatic carbocycles. The second-order valence-corrected chi connectivity index (χ2v) is 10.8. The molecule has 1 aliphatic rings. The second kappa shape index (κ2) is 11.7. The first-order valence-corrected chi connectivity index (χ1v) is 13.8. The van der Waals surface area contributed by atoms with E-state index in [4.69, 9.17) is 16.3 Å². The highest BCUT2D eigenvalue weighted by Gasteiger charge is 2.24. The van der Waals surface area contributed by atoms with Gasteiger partial charge in [0.2, 0.25) is 0 Å². The van der Waals surface area contributed by atoms with Crippen LogP contribution in [0.15, 0.2) is 71.6 Å². The number of amides is 1. The highest BCUT2D eigenvalue weighted by Crippen LogP contribution is 2.28. The third-order valence-electron chi connectivity index (χ3n) is 6.13. The molecule has 3 aromatic rings. The fourth-order valence-electron chi connectivity index (χ4n) is 4.19. The fraction of sp³-hybridized carbons (Fsp3) is 0.296. The van der Waals surface area contributed by atoms with E-state index in [9.17, 15) is 13.2 Å². The zero-order chi connectivity index (χ0) is 25.5. The summed E-state index contributed by atoms with van der Waals surface area (Å²) in [4.78, 5) is 14.9. The number of methoxy groups -OCH3 is 1. The van der Waals surface area contributed by atoms with E-state index in [1.54, 1.807) is 41.3 Å². The number of hydrogen-bond acceptors (Lipinski definition) is 5. The van der Waals surface area contributed by atoms with Crippen molar-refractivity contribution in [1.29, 1.82) is 0 Å². The zero-order valence-electron chi connectivity index (χ0n) is 20.2. The normalized spacial score (nSPS) is 13.8. The van der Waals surface area contributed by atoms with Crippen molar-refractivity contribution >= 4 is 38.9 Å². The minimum Gasteiger partial charge on any atom is -0.497 e. The topological polar surface area (TPSA) is 87.7 Å². The molecule has 0 bridgehead atoms. The molecular weight excluding hydrogens is 498 g/mol. The molecular formula is C27H30ClN3O4S. The van der Waals surface area contributed by atoms with Crippen LogP contribution in [-0.4, -0.2) is 46.0 Å². The van der Waals surface area contributed by atoms with Crippen LogP contribution in [0.1, 0.15) is 35.2 Å². The Kier molecular flexibility index (Phi) is 8.38. The fourth-order valence-corrected chi connectivity index (χ4v) is 5.58. The van der Waals surface area contributed by atoms with Crippen molar-refractivity contribution < 1.29 is 17.9 Å². The molecule has 190 valence electrons. The summed E-state index contributed by atoms with van der Waals surface area (Å²) in [6, 6.07) is 19.0. The minimum absolute atomic E-state index is 0.0179. The number of carbonyl (C=O) groups excluding carboxylic acids is 1. The zero-order valence-corrected chi connectivity index (χ0v) is 21.7. The molecule has 1 aliphatic heterocycles. The van der Waals surface area contributed by atoms with Gasteiger partial charge in [-0.05, 0) is 73.7 Å². The largest absolute Gasteiger partial charge is 0.497 e. The number of benzene rings is 3. The van der Waals surface area contributed by atoms with Crippen LogP contribution in [0.5, 0.6) is 5.75 Å². The van der Waals surface area contributed by atoms with Gasteiger partial charge in [0, 0.05) is 36.3 Å². The number of piperidine rings is 1. The van der Waals surface area contributed by atoms with Crippen molar-refractivity contribution in [2.24, 2.45) is 0 Å². The first kappa shape index (κ1) is 25.9. The van der Waals surface area contributed by atoms with Crippen LogP contribution in [0.4, 0.5) is 11.4 Å². The Morgan fingerprint density at radius 1 is 1.00 bits per heavy atom. The maximum atomic E-state index is 13.5. The van der Waals surface area contributed by atoms with Gasteiger partial charge < -0.3 is 15.0 Å². The molecule has 1 amide bonds. The monoisotopic (exact) mass is 527 g/mol. The molecule has 4 rings (SSSR count). The molecule has 36 heavy (non-hydrogen) atoms. The van der Waals surface area contributed by atoms with Gasteiger partial charge >= 0.3 is 0 Å². The van der Waals surface area contributed by atoms with E-state index in [0.29, 0.717) is 53.8 Å². The predicted octanol–water partition coefficient (Wildman–Crippen LogP) is 5.43. The van der Waals surface area contributed by atoms with Crippen molar-refractivity contribution in [1.82, 2.24) is 4.90 Å². The van der Waals surface area contributed by atoms with Crippen molar-refractivity contribution in [3.05, 3.63) is 82.9 Å². The maximum Gasteiger partial charge on any atom is 0.263 e.